The van der Waals surface area contributed by atoms with Crippen LogP contribution in [-0.4, -0.2) is 16.5 Å². The van der Waals surface area contributed by atoms with Gasteiger partial charge in [0.25, 0.3) is 0 Å². The summed E-state index contributed by atoms with van der Waals surface area (Å²) >= 11 is 0. The second kappa shape index (κ2) is 2.83. The van der Waals surface area contributed by atoms with E-state index in [1.165, 1.54) is 0 Å². The normalized spacial score (nSPS) is 39.5. The fourth-order valence-electron chi connectivity index (χ4n) is 1.51. The Morgan fingerprint density at radius 2 is 1.08 bits per heavy atom. The monoisotopic (exact) mass is 216 g/mol. The Balaban J connectivity index is 2.80. The summed E-state index contributed by atoms with van der Waals surface area (Å²) in [5.41, 5.74) is 0. The van der Waals surface area contributed by atoms with Gasteiger partial charge in [-0.05, 0) is 11.8 Å². The largest absolute Gasteiger partial charge is 0.477 e. The van der Waals surface area contributed by atoms with Crippen molar-refractivity contribution in [2.75, 3.05) is 0 Å². The summed E-state index contributed by atoms with van der Waals surface area (Å²) < 4.78 is 51.4. The number of halogens is 4. The van der Waals surface area contributed by atoms with Gasteiger partial charge in [-0.1, -0.05) is 13.8 Å². The zero-order valence-corrected chi connectivity index (χ0v) is 9.08. The second-order valence-corrected chi connectivity index (χ2v) is 11.8. The molecule has 72 valence electrons. The second-order valence-electron chi connectivity index (χ2n) is 3.77. The topological polar surface area (TPSA) is 0 Å². The molecule has 0 nitrogen and oxygen atoms in total. The van der Waals surface area contributed by atoms with Crippen LogP contribution >= 0.6 is 0 Å². The molecule has 0 bridgehead atoms. The average Bonchev–Trinajstić information content (AvgIpc) is 1.82. The standard InChI is InChI=1S/C6H12F4Si2/c1-5-3-11(7,8)12(9,10)4-6(5)2/h5-6H,3-4H2,1-2H3/t5-,6+. The Hall–Kier alpha value is 0.154. The molecule has 0 saturated carbocycles. The van der Waals surface area contributed by atoms with Gasteiger partial charge >= 0.3 is 16.5 Å². The van der Waals surface area contributed by atoms with Crippen LogP contribution in [0.5, 0.6) is 0 Å². The highest BCUT2D eigenvalue weighted by Crippen LogP contribution is 2.44. The van der Waals surface area contributed by atoms with Crippen molar-refractivity contribution < 1.29 is 16.4 Å². The van der Waals surface area contributed by atoms with Gasteiger partial charge in [-0.3, -0.25) is 16.4 Å². The fourth-order valence-corrected chi connectivity index (χ4v) is 8.25. The van der Waals surface area contributed by atoms with Crippen LogP contribution in [0, 0.1) is 11.8 Å². The van der Waals surface area contributed by atoms with E-state index in [1.807, 2.05) is 0 Å². The summed E-state index contributed by atoms with van der Waals surface area (Å²) in [5, 5.41) is 0. The molecule has 0 aliphatic carbocycles. The quantitative estimate of drug-likeness (QED) is 0.331. The summed E-state index contributed by atoms with van der Waals surface area (Å²) in [4.78, 5) is 0. The van der Waals surface area contributed by atoms with E-state index in [4.69, 9.17) is 0 Å². The molecule has 2 atom stereocenters. The van der Waals surface area contributed by atoms with E-state index in [-0.39, 0.29) is 11.8 Å². The van der Waals surface area contributed by atoms with Crippen LogP contribution in [0.3, 0.4) is 0 Å². The lowest BCUT2D eigenvalue weighted by Crippen LogP contribution is -2.56. The van der Waals surface area contributed by atoms with Gasteiger partial charge in [0.15, 0.2) is 0 Å². The number of rotatable bonds is 0. The fraction of sp³-hybridized carbons (Fsp3) is 1.00. The highest BCUT2D eigenvalue weighted by Gasteiger charge is 2.68. The van der Waals surface area contributed by atoms with Crippen LogP contribution in [0.1, 0.15) is 13.8 Å². The molecule has 0 aromatic rings. The van der Waals surface area contributed by atoms with Crippen LogP contribution < -0.4 is 0 Å². The van der Waals surface area contributed by atoms with Gasteiger partial charge in [-0.25, -0.2) is 0 Å². The molecule has 1 heterocycles. The van der Waals surface area contributed by atoms with Gasteiger partial charge in [-0.2, -0.15) is 0 Å². The minimum atomic E-state index is -5.12. The summed E-state index contributed by atoms with van der Waals surface area (Å²) in [6.07, 6.45) is 0. The molecule has 1 saturated heterocycles. The van der Waals surface area contributed by atoms with E-state index in [0.29, 0.717) is 0 Å². The van der Waals surface area contributed by atoms with E-state index in [2.05, 4.69) is 0 Å². The average molecular weight is 216 g/mol. The Morgan fingerprint density at radius 1 is 0.833 bits per heavy atom. The molecule has 1 aliphatic rings. The first kappa shape index (κ1) is 10.2. The Bertz CT molecular complexity index is 162. The minimum Gasteiger partial charge on any atom is -0.268 e. The molecule has 0 aromatic carbocycles. The van der Waals surface area contributed by atoms with Crippen LogP contribution in [0.2, 0.25) is 12.1 Å². The van der Waals surface area contributed by atoms with Crippen molar-refractivity contribution in [1.82, 2.24) is 0 Å². The van der Waals surface area contributed by atoms with Crippen molar-refractivity contribution in [2.24, 2.45) is 11.8 Å². The molecule has 12 heavy (non-hydrogen) atoms. The molecule has 0 unspecified atom stereocenters. The van der Waals surface area contributed by atoms with Gasteiger partial charge in [-0.15, -0.1) is 0 Å². The molecular weight excluding hydrogens is 204 g/mol. The summed E-state index contributed by atoms with van der Waals surface area (Å²) in [7, 11) is -10.2. The lowest BCUT2D eigenvalue weighted by atomic mass is 10.0. The predicted octanol–water partition coefficient (Wildman–Crippen LogP) is 3.11. The molecular formula is C6H12F4Si2. The third-order valence-corrected chi connectivity index (χ3v) is 10.5. The summed E-state index contributed by atoms with van der Waals surface area (Å²) in [6.45, 7) is 3.30. The van der Waals surface area contributed by atoms with E-state index in [0.717, 1.165) is 0 Å². The van der Waals surface area contributed by atoms with Gasteiger partial charge < -0.3 is 0 Å². The molecule has 1 rings (SSSR count). The third kappa shape index (κ3) is 1.59. The van der Waals surface area contributed by atoms with Crippen LogP contribution in [0.15, 0.2) is 0 Å². The van der Waals surface area contributed by atoms with E-state index >= 15 is 0 Å². The molecule has 0 amide bonds. The third-order valence-electron chi connectivity index (χ3n) is 2.66. The molecule has 0 spiro atoms. The first-order valence-corrected chi connectivity index (χ1v) is 8.94. The summed E-state index contributed by atoms with van der Waals surface area (Å²) in [6, 6.07) is -0.985. The molecule has 6 heteroatoms. The smallest absolute Gasteiger partial charge is 0.268 e. The minimum absolute atomic E-state index is 0.223. The van der Waals surface area contributed by atoms with Gasteiger partial charge in [0.1, 0.15) is 0 Å². The maximum Gasteiger partial charge on any atom is 0.477 e. The molecule has 0 aromatic heterocycles. The summed E-state index contributed by atoms with van der Waals surface area (Å²) in [5.74, 6) is -0.447. The van der Waals surface area contributed by atoms with Crippen LogP contribution in [0.4, 0.5) is 16.4 Å². The SMILES string of the molecule is C[C@@H]1C[Si](F)(F)[Si](F)(F)C[C@@H]1C. The molecule has 0 radical (unpaired) electrons. The molecule has 1 aliphatic heterocycles. The zero-order valence-electron chi connectivity index (χ0n) is 7.08. The Kier molecular flexibility index (Phi) is 2.41. The first-order chi connectivity index (χ1) is 5.26. The maximum atomic E-state index is 12.9. The van der Waals surface area contributed by atoms with Gasteiger partial charge in [0.2, 0.25) is 0 Å². The van der Waals surface area contributed by atoms with Crippen molar-refractivity contribution >= 4 is 16.5 Å². The van der Waals surface area contributed by atoms with Gasteiger partial charge in [0, 0.05) is 12.1 Å². The van der Waals surface area contributed by atoms with Crippen LogP contribution in [-0.2, 0) is 0 Å². The molecule has 0 N–H and O–H groups in total. The number of hydrogen-bond acceptors (Lipinski definition) is 0. The van der Waals surface area contributed by atoms with Crippen LogP contribution in [0.25, 0.3) is 0 Å². The van der Waals surface area contributed by atoms with Crippen molar-refractivity contribution in [3.05, 3.63) is 0 Å². The zero-order chi connectivity index (χ0) is 9.57. The van der Waals surface area contributed by atoms with Gasteiger partial charge in [0.05, 0.1) is 0 Å². The lowest BCUT2D eigenvalue weighted by molar-refractivity contribution is 0.378. The first-order valence-electron chi connectivity index (χ1n) is 4.02. The number of hydrogen-bond donors (Lipinski definition) is 0. The van der Waals surface area contributed by atoms with Crippen molar-refractivity contribution in [2.45, 2.75) is 25.9 Å². The lowest BCUT2D eigenvalue weighted by Gasteiger charge is -2.34. The Labute approximate surface area is 71.5 Å². The van der Waals surface area contributed by atoms with Crippen molar-refractivity contribution in [3.63, 3.8) is 0 Å². The Morgan fingerprint density at radius 3 is 1.33 bits per heavy atom. The van der Waals surface area contributed by atoms with E-state index < -0.39 is 28.6 Å². The predicted molar refractivity (Wildman–Crippen MR) is 43.9 cm³/mol. The maximum absolute atomic E-state index is 12.9. The van der Waals surface area contributed by atoms with E-state index in [1.54, 1.807) is 13.8 Å². The highest BCUT2D eigenvalue weighted by molar-refractivity contribution is 7.31. The van der Waals surface area contributed by atoms with Crippen molar-refractivity contribution in [3.8, 4) is 0 Å². The van der Waals surface area contributed by atoms with E-state index in [9.17, 15) is 16.4 Å². The van der Waals surface area contributed by atoms with Crippen molar-refractivity contribution in [1.29, 1.82) is 0 Å². The molecule has 1 fully saturated rings. The highest BCUT2D eigenvalue weighted by atomic mass is 29.3.